The fourth-order valence-electron chi connectivity index (χ4n) is 8.25. The van der Waals surface area contributed by atoms with Gasteiger partial charge >= 0.3 is 0 Å². The third-order valence-corrected chi connectivity index (χ3v) is 13.4. The van der Waals surface area contributed by atoms with Gasteiger partial charge in [-0.3, -0.25) is 0 Å². The quantitative estimate of drug-likeness (QED) is 0.113. The van der Waals surface area contributed by atoms with Crippen LogP contribution in [0.4, 0.5) is 0 Å². The Balaban J connectivity index is 1.81. The highest BCUT2D eigenvalue weighted by atomic mass is 28.3. The van der Waals surface area contributed by atoms with Gasteiger partial charge in [0.25, 0.3) is 0 Å². The van der Waals surface area contributed by atoms with Gasteiger partial charge in [0.15, 0.2) is 0 Å². The Labute approximate surface area is 431 Å². The molecule has 1 aliphatic rings. The van der Waals surface area contributed by atoms with E-state index in [1.54, 1.807) is 0 Å². The highest BCUT2D eigenvalue weighted by molar-refractivity contribution is 6.83. The predicted molar refractivity (Wildman–Crippen MR) is 305 cm³/mol. The summed E-state index contributed by atoms with van der Waals surface area (Å²) in [5, 5.41) is 54.8. The molecule has 5 aromatic carbocycles. The van der Waals surface area contributed by atoms with Crippen molar-refractivity contribution >= 4 is 66.3 Å². The summed E-state index contributed by atoms with van der Waals surface area (Å²) in [6.07, 6.45) is 9.35. The minimum atomic E-state index is -1.83. The molecule has 0 spiro atoms. The molecular weight excluding hydrogens is 891 g/mol. The average Bonchev–Trinajstić information content (AvgIpc) is 3.29. The molecular formula is C66H65N5Si. The Morgan fingerprint density at radius 1 is 0.306 bits per heavy atom. The smallest absolute Gasteiger partial charge is 0.129 e. The van der Waals surface area contributed by atoms with E-state index in [1.165, 1.54) is 0 Å². The van der Waals surface area contributed by atoms with Crippen molar-refractivity contribution in [2.75, 3.05) is 0 Å². The Bertz CT molecular complexity index is 3440. The molecule has 0 radical (unpaired) electrons. The van der Waals surface area contributed by atoms with E-state index >= 15 is 0 Å². The molecule has 0 heterocycles. The molecule has 0 N–H and O–H groups in total. The molecule has 5 nitrogen and oxygen atoms in total. The molecule has 1 aliphatic carbocycles. The van der Waals surface area contributed by atoms with E-state index in [4.69, 9.17) is 0 Å². The van der Waals surface area contributed by atoms with Crippen molar-refractivity contribution in [3.8, 4) is 41.8 Å². The second kappa shape index (κ2) is 20.4. The zero-order valence-electron chi connectivity index (χ0n) is 44.8. The molecule has 10 bridgehead atoms. The van der Waals surface area contributed by atoms with Crippen LogP contribution in [0.3, 0.4) is 0 Å². The maximum absolute atomic E-state index is 11.0. The number of nitrogens with zero attached hydrogens (tertiary/aromatic N) is 5. The number of rotatable bonds is 0. The van der Waals surface area contributed by atoms with E-state index in [-0.39, 0.29) is 21.7 Å². The second-order valence-corrected chi connectivity index (χ2v) is 28.8. The molecule has 0 fully saturated rings. The van der Waals surface area contributed by atoms with Crippen molar-refractivity contribution in [1.29, 1.82) is 26.3 Å². The third kappa shape index (κ3) is 13.3. The molecule has 6 rings (SSSR count). The van der Waals surface area contributed by atoms with Crippen LogP contribution >= 0.6 is 0 Å². The van der Waals surface area contributed by atoms with E-state index in [9.17, 15) is 26.3 Å². The number of allylic oxidation sites excluding steroid dienone is 5. The van der Waals surface area contributed by atoms with Crippen LogP contribution in [-0.2, 0) is 21.7 Å². The lowest BCUT2D eigenvalue weighted by atomic mass is 9.82. The van der Waals surface area contributed by atoms with Crippen LogP contribution in [0.5, 0.6) is 0 Å². The predicted octanol–water partition coefficient (Wildman–Crippen LogP) is 16.7. The van der Waals surface area contributed by atoms with Crippen molar-refractivity contribution in [3.05, 3.63) is 174 Å². The fourth-order valence-corrected chi connectivity index (χ4v) is 8.77. The first kappa shape index (κ1) is 53.4. The summed E-state index contributed by atoms with van der Waals surface area (Å²) in [7, 11) is -1.83. The van der Waals surface area contributed by atoms with Crippen LogP contribution in [-0.4, -0.2) is 8.07 Å². The van der Waals surface area contributed by atoms with Crippen LogP contribution in [0, 0.1) is 68.1 Å². The monoisotopic (exact) mass is 956 g/mol. The molecule has 5 aromatic rings. The van der Waals surface area contributed by atoms with Gasteiger partial charge < -0.3 is 0 Å². The molecule has 0 saturated heterocycles. The number of hydrogen-bond acceptors (Lipinski definition) is 5. The zero-order chi connectivity index (χ0) is 53.1. The summed E-state index contributed by atoms with van der Waals surface area (Å²) in [5.41, 5.74) is 16.2. The average molecular weight is 956 g/mol. The van der Waals surface area contributed by atoms with Crippen LogP contribution in [0.15, 0.2) is 91.0 Å². The molecule has 6 heteroatoms. The molecule has 0 atom stereocenters. The molecule has 0 aliphatic heterocycles. The summed E-state index contributed by atoms with van der Waals surface area (Å²) < 4.78 is 0. The lowest BCUT2D eigenvalue weighted by Gasteiger charge is -2.22. The Morgan fingerprint density at radius 2 is 0.528 bits per heavy atom. The standard InChI is InChI=1S/C66H65N5Si/c1-63(2,3)59-30-45-21-51(35-59)56(40-69)28-47-23-53(37-61(32-47)65(7,8)9)58(42-71)29-48-24-52(36-62(33-48)66(10,11)12)57(41-70)27-46-22-50(34-60(31-46)64(4,5)6)55(39-68)25-44-18-43(16-17-72(13,14)15)19-49(20-44)54(26-45)38-67/h18-37H,1-15H3/b54-26?,55-25+,56-28+,57-27+,58-29+. The van der Waals surface area contributed by atoms with Crippen molar-refractivity contribution in [2.24, 2.45) is 0 Å². The topological polar surface area (TPSA) is 119 Å². The molecule has 72 heavy (non-hydrogen) atoms. The van der Waals surface area contributed by atoms with Gasteiger partial charge in [0, 0.05) is 5.56 Å². The van der Waals surface area contributed by atoms with Crippen LogP contribution in [0.25, 0.3) is 58.2 Å². The molecule has 358 valence electrons. The summed E-state index contributed by atoms with van der Waals surface area (Å²) >= 11 is 0. The fraction of sp³-hybridized carbons (Fsp3) is 0.288. The summed E-state index contributed by atoms with van der Waals surface area (Å²) in [6, 6.07) is 42.5. The van der Waals surface area contributed by atoms with Gasteiger partial charge in [-0.2, -0.15) is 26.3 Å². The summed E-state index contributed by atoms with van der Waals surface area (Å²) in [4.78, 5) is 0. The number of nitriles is 5. The van der Waals surface area contributed by atoms with Gasteiger partial charge in [-0.25, -0.2) is 0 Å². The molecule has 0 aromatic heterocycles. The van der Waals surface area contributed by atoms with E-state index in [1.807, 2.05) is 97.1 Å². The Morgan fingerprint density at radius 3 is 0.736 bits per heavy atom. The van der Waals surface area contributed by atoms with Crippen molar-refractivity contribution in [3.63, 3.8) is 0 Å². The first-order valence-electron chi connectivity index (χ1n) is 24.4. The maximum Gasteiger partial charge on any atom is 0.129 e. The highest BCUT2D eigenvalue weighted by Crippen LogP contribution is 2.36. The maximum atomic E-state index is 11.0. The van der Waals surface area contributed by atoms with Gasteiger partial charge in [0.1, 0.15) is 8.07 Å². The third-order valence-electron chi connectivity index (χ3n) is 12.5. The molecule has 0 unspecified atom stereocenters. The number of benzene rings is 5. The molecule has 0 saturated carbocycles. The zero-order valence-corrected chi connectivity index (χ0v) is 45.8. The number of hydrogen-bond donors (Lipinski definition) is 0. The number of fused-ring (bicyclic) bond motifs is 10. The van der Waals surface area contributed by atoms with Gasteiger partial charge in [-0.1, -0.05) is 133 Å². The lowest BCUT2D eigenvalue weighted by Crippen LogP contribution is -2.16. The van der Waals surface area contributed by atoms with E-state index in [0.29, 0.717) is 61.2 Å². The first-order chi connectivity index (χ1) is 33.5. The van der Waals surface area contributed by atoms with E-state index in [0.717, 1.165) is 50.1 Å². The van der Waals surface area contributed by atoms with Crippen LogP contribution in [0.1, 0.15) is 167 Å². The first-order valence-corrected chi connectivity index (χ1v) is 27.9. The van der Waals surface area contributed by atoms with Crippen LogP contribution in [0.2, 0.25) is 19.6 Å². The Hall–Kier alpha value is -7.97. The highest BCUT2D eigenvalue weighted by Gasteiger charge is 2.22. The van der Waals surface area contributed by atoms with E-state index in [2.05, 4.69) is 169 Å². The SMILES string of the molecule is CC(C)(C)c1cc2cc(c1)/C(C#N)=C/c1cc(cc(C(C)(C)C)c1)/C(C#N)=C/c1cc(cc(C(C)(C)C)c1)/C(C#N)=C/c1cc(cc(C(C)(C)C)c1)/C(C#N)=C/c1cc(C#C[Si](C)(C)C)cc(c1)C(C#N)=C2. The van der Waals surface area contributed by atoms with Gasteiger partial charge in [-0.05, 0) is 197 Å². The van der Waals surface area contributed by atoms with Crippen LogP contribution < -0.4 is 0 Å². The van der Waals surface area contributed by atoms with Crippen molar-refractivity contribution in [2.45, 2.75) is 124 Å². The van der Waals surface area contributed by atoms with Gasteiger partial charge in [0.05, 0.1) is 58.2 Å². The van der Waals surface area contributed by atoms with Gasteiger partial charge in [0.2, 0.25) is 0 Å². The summed E-state index contributed by atoms with van der Waals surface area (Å²) in [6.45, 7) is 32.1. The van der Waals surface area contributed by atoms with E-state index < -0.39 is 8.07 Å². The van der Waals surface area contributed by atoms with Crippen molar-refractivity contribution < 1.29 is 0 Å². The largest absolute Gasteiger partial charge is 0.192 e. The summed E-state index contributed by atoms with van der Waals surface area (Å²) in [5.74, 6) is 3.41. The van der Waals surface area contributed by atoms with Gasteiger partial charge in [-0.15, -0.1) is 5.54 Å². The second-order valence-electron chi connectivity index (χ2n) is 24.1. The normalized spacial score (nSPS) is 16.3. The lowest BCUT2D eigenvalue weighted by molar-refractivity contribution is 0.589. The molecule has 0 amide bonds. The Kier molecular flexibility index (Phi) is 15.1. The minimum absolute atomic E-state index is 0.303. The van der Waals surface area contributed by atoms with Crippen molar-refractivity contribution in [1.82, 2.24) is 0 Å². The minimum Gasteiger partial charge on any atom is -0.192 e.